The number of carbonyl (C=O) groups is 1. The Morgan fingerprint density at radius 3 is 2.45 bits per heavy atom. The Labute approximate surface area is 236 Å². The van der Waals surface area contributed by atoms with Crippen LogP contribution in [0.2, 0.25) is 5.02 Å². The monoisotopic (exact) mass is 610 g/mol. The summed E-state index contributed by atoms with van der Waals surface area (Å²) < 4.78 is 69.4. The van der Waals surface area contributed by atoms with E-state index in [4.69, 9.17) is 21.1 Å². The van der Waals surface area contributed by atoms with E-state index in [0.717, 1.165) is 11.2 Å². The molecule has 1 amide bonds. The first-order chi connectivity index (χ1) is 18.8. The maximum atomic E-state index is 13.0. The lowest BCUT2D eigenvalue weighted by Gasteiger charge is -2.25. The predicted molar refractivity (Wildman–Crippen MR) is 150 cm³/mol. The second-order valence-electron chi connectivity index (χ2n) is 8.92. The van der Waals surface area contributed by atoms with Gasteiger partial charge in [0, 0.05) is 66.7 Å². The summed E-state index contributed by atoms with van der Waals surface area (Å²) in [6, 6.07) is 10.6. The molecule has 0 saturated carbocycles. The highest BCUT2D eigenvalue weighted by molar-refractivity contribution is 7.92. The van der Waals surface area contributed by atoms with Crippen molar-refractivity contribution in [2.75, 3.05) is 23.6 Å². The molecular weight excluding hydrogens is 584 g/mol. The zero-order valence-electron chi connectivity index (χ0n) is 21.8. The van der Waals surface area contributed by atoms with E-state index in [-0.39, 0.29) is 53.9 Å². The lowest BCUT2D eigenvalue weighted by Crippen LogP contribution is -2.44. The number of pyridine rings is 1. The van der Waals surface area contributed by atoms with Gasteiger partial charge in [0.1, 0.15) is 23.9 Å². The van der Waals surface area contributed by atoms with Gasteiger partial charge in [0.05, 0.1) is 5.75 Å². The number of hydrogen-bond donors (Lipinski definition) is 2. The van der Waals surface area contributed by atoms with E-state index in [1.54, 1.807) is 37.4 Å². The highest BCUT2D eigenvalue weighted by atomic mass is 35.5. The molecule has 2 aromatic carbocycles. The number of aromatic nitrogens is 1. The molecule has 40 heavy (non-hydrogen) atoms. The summed E-state index contributed by atoms with van der Waals surface area (Å²) in [6.45, 7) is 1.97. The van der Waals surface area contributed by atoms with Crippen molar-refractivity contribution in [1.82, 2.24) is 13.6 Å². The first-order valence-electron chi connectivity index (χ1n) is 12.0. The van der Waals surface area contributed by atoms with Crippen LogP contribution >= 0.6 is 11.6 Å². The van der Waals surface area contributed by atoms with Gasteiger partial charge in [0.25, 0.3) is 5.56 Å². The van der Waals surface area contributed by atoms with Gasteiger partial charge < -0.3 is 14.0 Å². The molecule has 3 aromatic rings. The Bertz CT molecular complexity index is 1740. The summed E-state index contributed by atoms with van der Waals surface area (Å²) in [4.78, 5) is 24.1. The van der Waals surface area contributed by atoms with E-state index >= 15 is 0 Å². The van der Waals surface area contributed by atoms with Crippen LogP contribution in [-0.4, -0.2) is 50.5 Å². The number of sulfonamides is 1. The van der Waals surface area contributed by atoms with Crippen LogP contribution in [0.15, 0.2) is 53.5 Å². The van der Waals surface area contributed by atoms with Gasteiger partial charge in [-0.25, -0.2) is 13.1 Å². The largest absolute Gasteiger partial charge is 0.491 e. The normalized spacial score (nSPS) is 14.2. The molecule has 214 valence electrons. The van der Waals surface area contributed by atoms with Gasteiger partial charge in [-0.15, -0.1) is 0 Å². The van der Waals surface area contributed by atoms with Gasteiger partial charge in [-0.2, -0.15) is 12.7 Å². The van der Waals surface area contributed by atoms with Crippen LogP contribution in [0.4, 0.5) is 5.69 Å². The number of nitrogens with zero attached hydrogens (tertiary/aromatic N) is 2. The second kappa shape index (κ2) is 11.5. The highest BCUT2D eigenvalue weighted by Gasteiger charge is 2.27. The Morgan fingerprint density at radius 2 is 1.75 bits per heavy atom. The number of benzene rings is 2. The average molecular weight is 611 g/mol. The Morgan fingerprint density at radius 1 is 1.02 bits per heavy atom. The lowest BCUT2D eigenvalue weighted by molar-refractivity contribution is -0.117. The van der Waals surface area contributed by atoms with Crippen LogP contribution in [0.5, 0.6) is 17.2 Å². The van der Waals surface area contributed by atoms with Crippen LogP contribution in [0.1, 0.15) is 19.4 Å². The van der Waals surface area contributed by atoms with Crippen LogP contribution < -0.4 is 24.5 Å². The molecule has 12 nitrogen and oxygen atoms in total. The molecule has 0 unspecified atom stereocenters. The standard InChI is InChI=1S/C25H27ClN4O8S2/c1-4-39(33,34)28-19-6-8-23-20(12-19)21-15-29(3)25(32)13-24(21)37-10-9-30(40(35,36)27-16(2)31)14-17-11-18(26)5-7-22(17)38-23/h5-8,11-13,15,28H,4,9-10,14H2,1-3H3,(H,27,31). The number of aryl methyl sites for hydroxylation is 1. The third kappa shape index (κ3) is 6.75. The fourth-order valence-electron chi connectivity index (χ4n) is 3.95. The number of rotatable bonds is 5. The maximum Gasteiger partial charge on any atom is 0.304 e. The van der Waals surface area contributed by atoms with Crippen molar-refractivity contribution in [1.29, 1.82) is 0 Å². The number of fused-ring (bicyclic) bond motifs is 4. The second-order valence-corrected chi connectivity index (χ2v) is 13.0. The van der Waals surface area contributed by atoms with Crippen LogP contribution in [0.25, 0.3) is 11.1 Å². The minimum Gasteiger partial charge on any atom is -0.491 e. The maximum absolute atomic E-state index is 13.0. The number of hydrogen-bond acceptors (Lipinski definition) is 8. The summed E-state index contributed by atoms with van der Waals surface area (Å²) in [5, 5.41) is 0.326. The topological polar surface area (TPSA) is 153 Å². The summed E-state index contributed by atoms with van der Waals surface area (Å²) in [5.41, 5.74) is 1.07. The number of anilines is 1. The Balaban J connectivity index is 1.93. The fraction of sp³-hybridized carbons (Fsp3) is 0.280. The number of ether oxygens (including phenoxy) is 2. The molecule has 0 aliphatic carbocycles. The van der Waals surface area contributed by atoms with Crippen LogP contribution in [-0.2, 0) is 38.6 Å². The molecule has 0 saturated heterocycles. The molecule has 4 rings (SSSR count). The van der Waals surface area contributed by atoms with Crippen molar-refractivity contribution in [2.45, 2.75) is 20.4 Å². The highest BCUT2D eigenvalue weighted by Crippen LogP contribution is 2.41. The molecule has 0 bridgehead atoms. The van der Waals surface area contributed by atoms with E-state index in [2.05, 4.69) is 4.72 Å². The molecule has 0 fully saturated rings. The molecule has 2 heterocycles. The van der Waals surface area contributed by atoms with Crippen LogP contribution in [0.3, 0.4) is 0 Å². The molecule has 2 N–H and O–H groups in total. The van der Waals surface area contributed by atoms with Crippen molar-refractivity contribution in [2.24, 2.45) is 7.05 Å². The van der Waals surface area contributed by atoms with Crippen LogP contribution in [0, 0.1) is 0 Å². The van der Waals surface area contributed by atoms with Crippen molar-refractivity contribution < 1.29 is 31.1 Å². The van der Waals surface area contributed by atoms with Gasteiger partial charge in [-0.05, 0) is 43.3 Å². The molecule has 0 spiro atoms. The first kappa shape index (κ1) is 29.4. The van der Waals surface area contributed by atoms with E-state index in [9.17, 15) is 26.4 Å². The molecule has 15 heteroatoms. The summed E-state index contributed by atoms with van der Waals surface area (Å²) in [6.07, 6.45) is 1.51. The average Bonchev–Trinajstić information content (AvgIpc) is 2.86. The molecule has 0 atom stereocenters. The SMILES string of the molecule is CCS(=O)(=O)Nc1ccc2c(c1)-c1cn(C)c(=O)cc1OCCN(S(=O)(=O)NC(C)=O)Cc1cc(Cl)ccc1O2. The van der Waals surface area contributed by atoms with Gasteiger partial charge in [-0.3, -0.25) is 14.3 Å². The fourth-order valence-corrected chi connectivity index (χ4v) is 5.89. The molecular formula is C25H27ClN4O8S2. The summed E-state index contributed by atoms with van der Waals surface area (Å²) >= 11 is 6.23. The van der Waals surface area contributed by atoms with Gasteiger partial charge >= 0.3 is 10.2 Å². The van der Waals surface area contributed by atoms with Crippen molar-refractivity contribution in [3.8, 4) is 28.4 Å². The Kier molecular flexibility index (Phi) is 8.44. The van der Waals surface area contributed by atoms with Gasteiger partial charge in [0.15, 0.2) is 0 Å². The van der Waals surface area contributed by atoms with E-state index in [1.165, 1.54) is 29.8 Å². The van der Waals surface area contributed by atoms with Gasteiger partial charge in [-0.1, -0.05) is 11.6 Å². The number of nitrogens with one attached hydrogen (secondary N) is 2. The summed E-state index contributed by atoms with van der Waals surface area (Å²) in [5.74, 6) is -0.253. The zero-order valence-corrected chi connectivity index (χ0v) is 24.2. The minimum atomic E-state index is -4.28. The number of halogens is 1. The Hall–Kier alpha value is -3.59. The van der Waals surface area contributed by atoms with E-state index < -0.39 is 26.1 Å². The first-order valence-corrected chi connectivity index (χ1v) is 15.5. The van der Waals surface area contributed by atoms with Crippen molar-refractivity contribution >= 4 is 43.4 Å². The summed E-state index contributed by atoms with van der Waals surface area (Å²) in [7, 11) is -6.34. The smallest absolute Gasteiger partial charge is 0.304 e. The van der Waals surface area contributed by atoms with E-state index in [1.807, 2.05) is 4.72 Å². The zero-order chi connectivity index (χ0) is 29.2. The number of carbonyl (C=O) groups excluding carboxylic acids is 1. The molecule has 0 radical (unpaired) electrons. The quantitative estimate of drug-likeness (QED) is 0.447. The lowest BCUT2D eigenvalue weighted by atomic mass is 10.0. The number of amides is 1. The van der Waals surface area contributed by atoms with E-state index in [0.29, 0.717) is 21.7 Å². The molecule has 1 aromatic heterocycles. The van der Waals surface area contributed by atoms with Crippen molar-refractivity contribution in [3.63, 3.8) is 0 Å². The predicted octanol–water partition coefficient (Wildman–Crippen LogP) is 2.83. The van der Waals surface area contributed by atoms with Gasteiger partial charge in [0.2, 0.25) is 15.9 Å². The molecule has 1 aliphatic rings. The van der Waals surface area contributed by atoms with Crippen molar-refractivity contribution in [3.05, 3.63) is 69.6 Å². The third-order valence-corrected chi connectivity index (χ3v) is 8.99. The minimum absolute atomic E-state index is 0.122. The molecule has 1 aliphatic heterocycles. The third-order valence-electron chi connectivity index (χ3n) is 5.91.